The van der Waals surface area contributed by atoms with Crippen molar-refractivity contribution in [3.8, 4) is 0 Å². The second kappa shape index (κ2) is 7.07. The minimum Gasteiger partial charge on any atom is -0.370 e. The number of alkyl halides is 3. The van der Waals surface area contributed by atoms with Crippen LogP contribution in [0.5, 0.6) is 0 Å². The smallest absolute Gasteiger partial charge is 0.370 e. The van der Waals surface area contributed by atoms with Crippen molar-refractivity contribution in [2.45, 2.75) is 18.6 Å². The molecule has 0 fully saturated rings. The monoisotopic (exact) mass is 299 g/mol. The maximum Gasteiger partial charge on any atom is 0.411 e. The van der Waals surface area contributed by atoms with Crippen LogP contribution >= 0.6 is 11.6 Å². The summed E-state index contributed by atoms with van der Waals surface area (Å²) in [5, 5.41) is 2.77. The normalized spacial score (nSPS) is 13.6. The topological polar surface area (TPSA) is 21.3 Å². The molecule has 1 atom stereocenters. The summed E-state index contributed by atoms with van der Waals surface area (Å²) in [7, 11) is 1.57. The molecule has 19 heavy (non-hydrogen) atoms. The quantitative estimate of drug-likeness (QED) is 0.815. The molecule has 1 aromatic rings. The van der Waals surface area contributed by atoms with Crippen LogP contribution in [0.4, 0.5) is 17.6 Å². The zero-order valence-electron chi connectivity index (χ0n) is 10.2. The lowest BCUT2D eigenvalue weighted by Gasteiger charge is -2.17. The van der Waals surface area contributed by atoms with Crippen LogP contribution in [0, 0.1) is 5.82 Å². The highest BCUT2D eigenvalue weighted by atomic mass is 35.5. The minimum atomic E-state index is -4.36. The Kier molecular flexibility index (Phi) is 6.03. The molecule has 0 radical (unpaired) electrons. The van der Waals surface area contributed by atoms with Crippen molar-refractivity contribution in [1.82, 2.24) is 5.32 Å². The minimum absolute atomic E-state index is 0.0106. The van der Waals surface area contributed by atoms with E-state index in [1.165, 1.54) is 12.1 Å². The molecule has 0 saturated carbocycles. The molecule has 0 aliphatic carbocycles. The predicted molar refractivity (Wildman–Crippen MR) is 64.8 cm³/mol. The molecule has 0 saturated heterocycles. The molecule has 7 heteroatoms. The summed E-state index contributed by atoms with van der Waals surface area (Å²) in [5.41, 5.74) is 0.336. The van der Waals surface area contributed by atoms with Gasteiger partial charge in [0, 0.05) is 6.04 Å². The largest absolute Gasteiger partial charge is 0.411 e. The number of benzene rings is 1. The van der Waals surface area contributed by atoms with Crippen LogP contribution in [-0.2, 0) is 11.2 Å². The van der Waals surface area contributed by atoms with Gasteiger partial charge in [-0.2, -0.15) is 13.2 Å². The fourth-order valence-electron chi connectivity index (χ4n) is 1.53. The van der Waals surface area contributed by atoms with E-state index in [1.54, 1.807) is 13.1 Å². The first kappa shape index (κ1) is 16.2. The lowest BCUT2D eigenvalue weighted by atomic mass is 10.1. The SMILES string of the molecule is CNC(COCC(F)(F)F)Cc1cccc(Cl)c1F. The fraction of sp³-hybridized carbons (Fsp3) is 0.500. The van der Waals surface area contributed by atoms with Crippen molar-refractivity contribution in [3.63, 3.8) is 0 Å². The van der Waals surface area contributed by atoms with Crippen LogP contribution < -0.4 is 5.32 Å². The van der Waals surface area contributed by atoms with Crippen molar-refractivity contribution in [3.05, 3.63) is 34.6 Å². The van der Waals surface area contributed by atoms with Crippen molar-refractivity contribution in [1.29, 1.82) is 0 Å². The third-order valence-electron chi connectivity index (χ3n) is 2.49. The van der Waals surface area contributed by atoms with Crippen molar-refractivity contribution in [2.75, 3.05) is 20.3 Å². The molecule has 108 valence electrons. The van der Waals surface area contributed by atoms with E-state index in [-0.39, 0.29) is 18.1 Å². The van der Waals surface area contributed by atoms with E-state index >= 15 is 0 Å². The Morgan fingerprint density at radius 2 is 2.05 bits per heavy atom. The van der Waals surface area contributed by atoms with E-state index in [4.69, 9.17) is 11.6 Å². The number of ether oxygens (including phenoxy) is 1. The molecule has 0 bridgehead atoms. The van der Waals surface area contributed by atoms with E-state index in [9.17, 15) is 17.6 Å². The number of nitrogens with one attached hydrogen (secondary N) is 1. The van der Waals surface area contributed by atoms with Crippen LogP contribution in [0.3, 0.4) is 0 Å². The van der Waals surface area contributed by atoms with Crippen LogP contribution in [0.2, 0.25) is 5.02 Å². The Bertz CT molecular complexity index is 411. The molecule has 0 amide bonds. The summed E-state index contributed by atoms with van der Waals surface area (Å²) >= 11 is 5.63. The van der Waals surface area contributed by atoms with E-state index in [1.807, 2.05) is 0 Å². The van der Waals surface area contributed by atoms with Gasteiger partial charge >= 0.3 is 6.18 Å². The average molecular weight is 300 g/mol. The molecule has 1 unspecified atom stereocenters. The molecule has 1 rings (SSSR count). The predicted octanol–water partition coefficient (Wildman–Crippen LogP) is 3.19. The highest BCUT2D eigenvalue weighted by molar-refractivity contribution is 6.30. The Balaban J connectivity index is 2.55. The molecule has 1 N–H and O–H groups in total. The summed E-state index contributed by atoms with van der Waals surface area (Å²) in [4.78, 5) is 0. The zero-order valence-corrected chi connectivity index (χ0v) is 11.0. The van der Waals surface area contributed by atoms with Crippen LogP contribution in [-0.4, -0.2) is 32.5 Å². The molecule has 0 aliphatic rings. The lowest BCUT2D eigenvalue weighted by Crippen LogP contribution is -2.34. The van der Waals surface area contributed by atoms with Gasteiger partial charge in [0.2, 0.25) is 0 Å². The molecular formula is C12H14ClF4NO. The van der Waals surface area contributed by atoms with Gasteiger partial charge in [0.25, 0.3) is 0 Å². The highest BCUT2D eigenvalue weighted by Crippen LogP contribution is 2.19. The summed E-state index contributed by atoms with van der Waals surface area (Å²) in [6, 6.07) is 4.11. The molecular weight excluding hydrogens is 286 g/mol. The summed E-state index contributed by atoms with van der Waals surface area (Å²) in [6.45, 7) is -1.48. The third kappa shape index (κ3) is 5.76. The molecule has 0 spiro atoms. The van der Waals surface area contributed by atoms with Crippen LogP contribution in [0.1, 0.15) is 5.56 Å². The van der Waals surface area contributed by atoms with Gasteiger partial charge in [-0.3, -0.25) is 0 Å². The molecule has 0 heterocycles. The molecule has 1 aromatic carbocycles. The Hall–Kier alpha value is -0.850. The standard InChI is InChI=1S/C12H14ClF4NO/c1-18-9(6-19-7-12(15,16)17)5-8-3-2-4-10(13)11(8)14/h2-4,9,18H,5-7H2,1H3. The first-order chi connectivity index (χ1) is 8.83. The van der Waals surface area contributed by atoms with Gasteiger partial charge in [-0.1, -0.05) is 23.7 Å². The molecule has 2 nitrogen and oxygen atoms in total. The molecule has 0 aliphatic heterocycles. The van der Waals surface area contributed by atoms with E-state index in [0.29, 0.717) is 5.56 Å². The van der Waals surface area contributed by atoms with Gasteiger partial charge < -0.3 is 10.1 Å². The first-order valence-electron chi connectivity index (χ1n) is 5.58. The fourth-order valence-corrected chi connectivity index (χ4v) is 1.73. The van der Waals surface area contributed by atoms with Crippen molar-refractivity contribution >= 4 is 11.6 Å². The summed E-state index contributed by atoms with van der Waals surface area (Å²) < 4.78 is 54.0. The van der Waals surface area contributed by atoms with Gasteiger partial charge in [0.15, 0.2) is 0 Å². The second-order valence-electron chi connectivity index (χ2n) is 4.03. The zero-order chi connectivity index (χ0) is 14.5. The molecule has 0 aromatic heterocycles. The Labute approximate surface area is 113 Å². The van der Waals surface area contributed by atoms with Gasteiger partial charge in [-0.25, -0.2) is 4.39 Å². The van der Waals surface area contributed by atoms with Crippen molar-refractivity contribution < 1.29 is 22.3 Å². The summed E-state index contributed by atoms with van der Waals surface area (Å²) in [6.07, 6.45) is -4.17. The average Bonchev–Trinajstić information content (AvgIpc) is 2.32. The Morgan fingerprint density at radius 3 is 2.63 bits per heavy atom. The lowest BCUT2D eigenvalue weighted by molar-refractivity contribution is -0.175. The van der Waals surface area contributed by atoms with E-state index in [0.717, 1.165) is 0 Å². The third-order valence-corrected chi connectivity index (χ3v) is 2.78. The van der Waals surface area contributed by atoms with E-state index in [2.05, 4.69) is 10.1 Å². The van der Waals surface area contributed by atoms with Gasteiger partial charge in [-0.15, -0.1) is 0 Å². The number of rotatable bonds is 6. The Morgan fingerprint density at radius 1 is 1.37 bits per heavy atom. The number of likely N-dealkylation sites (N-methyl/N-ethyl adjacent to an activating group) is 1. The van der Waals surface area contributed by atoms with Crippen molar-refractivity contribution in [2.24, 2.45) is 0 Å². The van der Waals surface area contributed by atoms with E-state index < -0.39 is 24.6 Å². The maximum absolute atomic E-state index is 13.6. The number of hydrogen-bond acceptors (Lipinski definition) is 2. The van der Waals surface area contributed by atoms with Gasteiger partial charge in [0.1, 0.15) is 12.4 Å². The van der Waals surface area contributed by atoms with Gasteiger partial charge in [-0.05, 0) is 25.1 Å². The maximum atomic E-state index is 13.6. The number of halogens is 5. The second-order valence-corrected chi connectivity index (χ2v) is 4.44. The highest BCUT2D eigenvalue weighted by Gasteiger charge is 2.27. The first-order valence-corrected chi connectivity index (χ1v) is 5.96. The van der Waals surface area contributed by atoms with Crippen LogP contribution in [0.25, 0.3) is 0 Å². The summed E-state index contributed by atoms with van der Waals surface area (Å²) in [5.74, 6) is -0.555. The number of hydrogen-bond donors (Lipinski definition) is 1. The van der Waals surface area contributed by atoms with Gasteiger partial charge in [0.05, 0.1) is 11.6 Å². The van der Waals surface area contributed by atoms with Crippen LogP contribution in [0.15, 0.2) is 18.2 Å².